The largest absolute Gasteiger partial charge is 0.389 e. The van der Waals surface area contributed by atoms with E-state index in [1.54, 1.807) is 0 Å². The van der Waals surface area contributed by atoms with Gasteiger partial charge < -0.3 is 11.1 Å². The fourth-order valence-electron chi connectivity index (χ4n) is 2.45. The van der Waals surface area contributed by atoms with Crippen molar-refractivity contribution in [3.8, 4) is 0 Å². The van der Waals surface area contributed by atoms with E-state index >= 15 is 0 Å². The Hall–Kier alpha value is -1.10. The fourth-order valence-corrected chi connectivity index (χ4v) is 2.69. The van der Waals surface area contributed by atoms with E-state index in [0.717, 1.165) is 29.9 Å². The minimum atomic E-state index is 0.378. The Bertz CT molecular complexity index is 421. The third-order valence-electron chi connectivity index (χ3n) is 3.59. The highest BCUT2D eigenvalue weighted by Crippen LogP contribution is 2.23. The number of anilines is 1. The lowest BCUT2D eigenvalue weighted by atomic mass is 9.95. The molecule has 1 atom stereocenters. The van der Waals surface area contributed by atoms with Crippen molar-refractivity contribution in [3.05, 3.63) is 11.3 Å². The fraction of sp³-hybridized carbons (Fsp3) is 0.692. The predicted octanol–water partition coefficient (Wildman–Crippen LogP) is 2.60. The van der Waals surface area contributed by atoms with Crippen LogP contribution in [0.25, 0.3) is 0 Å². The Morgan fingerprint density at radius 1 is 1.44 bits per heavy atom. The van der Waals surface area contributed by atoms with E-state index in [9.17, 15) is 0 Å². The number of aryl methyl sites for hydroxylation is 2. The van der Waals surface area contributed by atoms with Crippen molar-refractivity contribution < 1.29 is 0 Å². The number of hydrogen-bond acceptors (Lipinski definition) is 3. The van der Waals surface area contributed by atoms with Crippen LogP contribution in [0.15, 0.2) is 0 Å². The molecular formula is C13H24N4S. The average molecular weight is 268 g/mol. The molecule has 1 rings (SSSR count). The van der Waals surface area contributed by atoms with Gasteiger partial charge in [0.25, 0.3) is 0 Å². The lowest BCUT2D eigenvalue weighted by Gasteiger charge is -2.24. The van der Waals surface area contributed by atoms with E-state index in [0.29, 0.717) is 16.9 Å². The molecule has 0 radical (unpaired) electrons. The number of nitrogens with one attached hydrogen (secondary N) is 1. The van der Waals surface area contributed by atoms with E-state index < -0.39 is 0 Å². The highest BCUT2D eigenvalue weighted by atomic mass is 32.1. The maximum atomic E-state index is 5.78. The van der Waals surface area contributed by atoms with Gasteiger partial charge in [-0.3, -0.25) is 4.68 Å². The lowest BCUT2D eigenvalue weighted by Crippen LogP contribution is -2.27. The highest BCUT2D eigenvalue weighted by Gasteiger charge is 2.20. The Morgan fingerprint density at radius 2 is 2.00 bits per heavy atom. The molecule has 0 saturated heterocycles. The summed E-state index contributed by atoms with van der Waals surface area (Å²) >= 11 is 5.11. The van der Waals surface area contributed by atoms with Crippen molar-refractivity contribution in [3.63, 3.8) is 0 Å². The van der Waals surface area contributed by atoms with Crippen LogP contribution < -0.4 is 11.1 Å². The molecule has 0 aliphatic rings. The van der Waals surface area contributed by atoms with Crippen LogP contribution in [0.2, 0.25) is 0 Å². The summed E-state index contributed by atoms with van der Waals surface area (Å²) in [7, 11) is 1.91. The first-order chi connectivity index (χ1) is 8.42. The molecule has 5 heteroatoms. The second kappa shape index (κ2) is 6.18. The summed E-state index contributed by atoms with van der Waals surface area (Å²) in [6.45, 7) is 8.56. The molecule has 1 heterocycles. The topological polar surface area (TPSA) is 55.9 Å². The standard InChI is InChI=1S/C13H24N4S/c1-6-10(7-2)8(3)15-13-11(12(14)18)9(4)16-17(13)5/h8,10,15H,6-7H2,1-5H3,(H2,14,18). The van der Waals surface area contributed by atoms with Gasteiger partial charge in [-0.15, -0.1) is 0 Å². The Morgan fingerprint density at radius 3 is 2.44 bits per heavy atom. The molecule has 0 saturated carbocycles. The van der Waals surface area contributed by atoms with Gasteiger partial charge in [-0.1, -0.05) is 38.9 Å². The molecule has 102 valence electrons. The number of hydrogen-bond donors (Lipinski definition) is 2. The highest BCUT2D eigenvalue weighted by molar-refractivity contribution is 7.80. The van der Waals surface area contributed by atoms with Crippen LogP contribution >= 0.6 is 12.2 Å². The van der Waals surface area contributed by atoms with Gasteiger partial charge in [-0.05, 0) is 19.8 Å². The minimum Gasteiger partial charge on any atom is -0.389 e. The predicted molar refractivity (Wildman–Crippen MR) is 81.0 cm³/mol. The first-order valence-electron chi connectivity index (χ1n) is 6.52. The van der Waals surface area contributed by atoms with Crippen LogP contribution in [0.1, 0.15) is 44.9 Å². The van der Waals surface area contributed by atoms with E-state index in [4.69, 9.17) is 18.0 Å². The van der Waals surface area contributed by atoms with Crippen molar-refractivity contribution in [2.45, 2.75) is 46.6 Å². The molecule has 0 bridgehead atoms. The average Bonchev–Trinajstić information content (AvgIpc) is 2.55. The minimum absolute atomic E-state index is 0.378. The molecule has 4 nitrogen and oxygen atoms in total. The molecule has 0 amide bonds. The van der Waals surface area contributed by atoms with Crippen LogP contribution in [0.3, 0.4) is 0 Å². The van der Waals surface area contributed by atoms with E-state index in [1.165, 1.54) is 0 Å². The number of rotatable bonds is 6. The van der Waals surface area contributed by atoms with Gasteiger partial charge in [0.05, 0.1) is 11.3 Å². The van der Waals surface area contributed by atoms with Crippen LogP contribution in [-0.4, -0.2) is 20.8 Å². The van der Waals surface area contributed by atoms with Gasteiger partial charge in [0, 0.05) is 13.1 Å². The quantitative estimate of drug-likeness (QED) is 0.779. The van der Waals surface area contributed by atoms with Crippen LogP contribution in [0, 0.1) is 12.8 Å². The summed E-state index contributed by atoms with van der Waals surface area (Å²) < 4.78 is 1.82. The molecule has 3 N–H and O–H groups in total. The van der Waals surface area contributed by atoms with Crippen molar-refractivity contribution in [2.75, 3.05) is 5.32 Å². The molecule has 18 heavy (non-hydrogen) atoms. The third kappa shape index (κ3) is 3.02. The zero-order chi connectivity index (χ0) is 13.9. The van der Waals surface area contributed by atoms with Crippen LogP contribution in [-0.2, 0) is 7.05 Å². The van der Waals surface area contributed by atoms with Crippen LogP contribution in [0.5, 0.6) is 0 Å². The maximum Gasteiger partial charge on any atom is 0.134 e. The molecule has 0 fully saturated rings. The summed E-state index contributed by atoms with van der Waals surface area (Å²) in [5, 5.41) is 7.90. The first kappa shape index (κ1) is 15.0. The normalized spacial score (nSPS) is 12.8. The number of nitrogens with two attached hydrogens (primary N) is 1. The van der Waals surface area contributed by atoms with Crippen molar-refractivity contribution in [1.29, 1.82) is 0 Å². The summed E-state index contributed by atoms with van der Waals surface area (Å²) in [6, 6.07) is 0.378. The maximum absolute atomic E-state index is 5.78. The van der Waals surface area contributed by atoms with Crippen LogP contribution in [0.4, 0.5) is 5.82 Å². The van der Waals surface area contributed by atoms with Crippen molar-refractivity contribution in [1.82, 2.24) is 9.78 Å². The summed E-state index contributed by atoms with van der Waals surface area (Å²) in [5.74, 6) is 1.57. The van der Waals surface area contributed by atoms with Gasteiger partial charge >= 0.3 is 0 Å². The van der Waals surface area contributed by atoms with Gasteiger partial charge in [0.15, 0.2) is 0 Å². The van der Waals surface area contributed by atoms with E-state index in [1.807, 2.05) is 18.7 Å². The molecule has 1 unspecified atom stereocenters. The molecule has 0 aliphatic carbocycles. The number of aromatic nitrogens is 2. The second-order valence-corrected chi connectivity index (χ2v) is 5.25. The molecule has 0 spiro atoms. The zero-order valence-corrected chi connectivity index (χ0v) is 12.8. The molecule has 0 aromatic carbocycles. The van der Waals surface area contributed by atoms with Crippen molar-refractivity contribution in [2.24, 2.45) is 18.7 Å². The summed E-state index contributed by atoms with van der Waals surface area (Å²) in [6.07, 6.45) is 2.31. The van der Waals surface area contributed by atoms with Crippen molar-refractivity contribution >= 4 is 23.0 Å². The lowest BCUT2D eigenvalue weighted by molar-refractivity contribution is 0.435. The molecule has 1 aromatic rings. The van der Waals surface area contributed by atoms with Gasteiger partial charge in [0.1, 0.15) is 10.8 Å². The SMILES string of the molecule is CCC(CC)C(C)Nc1c(C(N)=S)c(C)nn1C. The summed E-state index contributed by atoms with van der Waals surface area (Å²) in [5.41, 5.74) is 7.53. The Labute approximate surface area is 115 Å². The molecular weight excluding hydrogens is 244 g/mol. The van der Waals surface area contributed by atoms with E-state index in [2.05, 4.69) is 31.2 Å². The Kier molecular flexibility index (Phi) is 5.14. The van der Waals surface area contributed by atoms with Gasteiger partial charge in [-0.2, -0.15) is 5.10 Å². The third-order valence-corrected chi connectivity index (χ3v) is 3.79. The van der Waals surface area contributed by atoms with Gasteiger partial charge in [-0.25, -0.2) is 0 Å². The van der Waals surface area contributed by atoms with Gasteiger partial charge in [0.2, 0.25) is 0 Å². The molecule has 0 aliphatic heterocycles. The monoisotopic (exact) mass is 268 g/mol. The smallest absolute Gasteiger partial charge is 0.134 e. The number of thiocarbonyl (C=S) groups is 1. The summed E-state index contributed by atoms with van der Waals surface area (Å²) in [4.78, 5) is 0.403. The first-order valence-corrected chi connectivity index (χ1v) is 6.93. The second-order valence-electron chi connectivity index (χ2n) is 4.81. The zero-order valence-electron chi connectivity index (χ0n) is 11.9. The number of nitrogens with zero attached hydrogens (tertiary/aromatic N) is 2. The van der Waals surface area contributed by atoms with E-state index in [-0.39, 0.29) is 0 Å². The Balaban J connectivity index is 3.00. The molecule has 1 aromatic heterocycles.